The Bertz CT molecular complexity index is 400. The first-order valence-corrected chi connectivity index (χ1v) is 7.03. The molecule has 1 aromatic rings. The minimum absolute atomic E-state index is 0.409. The molecule has 16 heavy (non-hydrogen) atoms. The number of hydrogen-bond donors (Lipinski definition) is 1. The molecule has 1 aromatic carbocycles. The fourth-order valence-electron chi connectivity index (χ4n) is 1.96. The third-order valence-corrected chi connectivity index (χ3v) is 4.68. The van der Waals surface area contributed by atoms with Crippen LogP contribution in [0.5, 0.6) is 0 Å². The third-order valence-electron chi connectivity index (χ3n) is 2.77. The SMILES string of the molecule is O=C(O)c1cc(Br)ccc1SC1CCCC1. The second-order valence-corrected chi connectivity index (χ2v) is 6.23. The summed E-state index contributed by atoms with van der Waals surface area (Å²) in [7, 11) is 0. The highest BCUT2D eigenvalue weighted by Gasteiger charge is 2.19. The highest BCUT2D eigenvalue weighted by molar-refractivity contribution is 9.10. The fourth-order valence-corrected chi connectivity index (χ4v) is 3.67. The van der Waals surface area contributed by atoms with E-state index in [9.17, 15) is 4.79 Å². The van der Waals surface area contributed by atoms with Crippen molar-refractivity contribution in [2.45, 2.75) is 35.8 Å². The molecule has 0 heterocycles. The van der Waals surface area contributed by atoms with E-state index in [1.54, 1.807) is 17.8 Å². The van der Waals surface area contributed by atoms with Crippen molar-refractivity contribution in [1.29, 1.82) is 0 Å². The summed E-state index contributed by atoms with van der Waals surface area (Å²) < 4.78 is 0.820. The molecule has 1 aliphatic rings. The molecule has 0 saturated heterocycles. The molecule has 0 bridgehead atoms. The summed E-state index contributed by atoms with van der Waals surface area (Å²) in [5.41, 5.74) is 0.409. The second-order valence-electron chi connectivity index (χ2n) is 3.97. The maximum absolute atomic E-state index is 11.1. The zero-order valence-corrected chi connectivity index (χ0v) is 11.2. The number of benzene rings is 1. The van der Waals surface area contributed by atoms with Crippen LogP contribution in [0.4, 0.5) is 0 Å². The highest BCUT2D eigenvalue weighted by Crippen LogP contribution is 2.37. The van der Waals surface area contributed by atoms with Crippen LogP contribution in [0, 0.1) is 0 Å². The first-order valence-electron chi connectivity index (χ1n) is 5.36. The zero-order chi connectivity index (χ0) is 11.5. The number of carbonyl (C=O) groups is 1. The first-order chi connectivity index (χ1) is 7.66. The van der Waals surface area contributed by atoms with Crippen LogP contribution in [-0.2, 0) is 0 Å². The highest BCUT2D eigenvalue weighted by atomic mass is 79.9. The van der Waals surface area contributed by atoms with Crippen molar-refractivity contribution in [3.63, 3.8) is 0 Å². The monoisotopic (exact) mass is 300 g/mol. The number of rotatable bonds is 3. The Morgan fingerprint density at radius 2 is 2.06 bits per heavy atom. The summed E-state index contributed by atoms with van der Waals surface area (Å²) in [4.78, 5) is 12.0. The Hall–Kier alpha value is -0.480. The van der Waals surface area contributed by atoms with Crippen LogP contribution < -0.4 is 0 Å². The molecule has 4 heteroatoms. The van der Waals surface area contributed by atoms with Gasteiger partial charge in [0.1, 0.15) is 0 Å². The summed E-state index contributed by atoms with van der Waals surface area (Å²) >= 11 is 5.02. The van der Waals surface area contributed by atoms with E-state index in [1.807, 2.05) is 12.1 Å². The zero-order valence-electron chi connectivity index (χ0n) is 8.78. The van der Waals surface area contributed by atoms with Crippen LogP contribution in [0.15, 0.2) is 27.6 Å². The van der Waals surface area contributed by atoms with Gasteiger partial charge in [-0.3, -0.25) is 0 Å². The quantitative estimate of drug-likeness (QED) is 0.910. The predicted molar refractivity (Wildman–Crippen MR) is 69.2 cm³/mol. The number of carboxylic acids is 1. The summed E-state index contributed by atoms with van der Waals surface area (Å²) in [6.45, 7) is 0. The molecular weight excluding hydrogens is 288 g/mol. The summed E-state index contributed by atoms with van der Waals surface area (Å²) in [5.74, 6) is -0.846. The van der Waals surface area contributed by atoms with Crippen LogP contribution in [0.25, 0.3) is 0 Å². The van der Waals surface area contributed by atoms with Crippen LogP contribution in [0.1, 0.15) is 36.0 Å². The first kappa shape index (κ1) is 12.0. The topological polar surface area (TPSA) is 37.3 Å². The fraction of sp³-hybridized carbons (Fsp3) is 0.417. The average Bonchev–Trinajstić information content (AvgIpc) is 2.73. The summed E-state index contributed by atoms with van der Waals surface area (Å²) in [6, 6.07) is 5.49. The molecule has 0 unspecified atom stereocenters. The van der Waals surface area contributed by atoms with E-state index in [0.717, 1.165) is 9.37 Å². The van der Waals surface area contributed by atoms with Gasteiger partial charge in [0, 0.05) is 14.6 Å². The smallest absolute Gasteiger partial charge is 0.336 e. The standard InChI is InChI=1S/C12H13BrO2S/c13-8-5-6-11(10(7-8)12(14)15)16-9-3-1-2-4-9/h5-7,9H,1-4H2,(H,14,15). The molecule has 2 nitrogen and oxygen atoms in total. The molecule has 0 spiro atoms. The Kier molecular flexibility index (Phi) is 3.92. The maximum atomic E-state index is 11.1. The van der Waals surface area contributed by atoms with Gasteiger partial charge < -0.3 is 5.11 Å². The van der Waals surface area contributed by atoms with Crippen LogP contribution >= 0.6 is 27.7 Å². The van der Waals surface area contributed by atoms with E-state index in [2.05, 4.69) is 15.9 Å². The van der Waals surface area contributed by atoms with Gasteiger partial charge in [0.15, 0.2) is 0 Å². The lowest BCUT2D eigenvalue weighted by Gasteiger charge is -2.11. The Morgan fingerprint density at radius 3 is 2.69 bits per heavy atom. The lowest BCUT2D eigenvalue weighted by molar-refractivity contribution is 0.0693. The van der Waals surface area contributed by atoms with Gasteiger partial charge >= 0.3 is 5.97 Å². The molecule has 0 amide bonds. The summed E-state index contributed by atoms with van der Waals surface area (Å²) in [5, 5.41) is 9.73. The van der Waals surface area contributed by atoms with E-state index in [1.165, 1.54) is 25.7 Å². The van der Waals surface area contributed by atoms with Crippen molar-refractivity contribution in [3.05, 3.63) is 28.2 Å². The van der Waals surface area contributed by atoms with Gasteiger partial charge in [-0.25, -0.2) is 4.79 Å². The molecule has 86 valence electrons. The molecule has 0 aromatic heterocycles. The van der Waals surface area contributed by atoms with Gasteiger partial charge in [0.2, 0.25) is 0 Å². The van der Waals surface area contributed by atoms with Gasteiger partial charge in [-0.2, -0.15) is 0 Å². The number of carboxylic acid groups (broad SMARTS) is 1. The number of thioether (sulfide) groups is 1. The van der Waals surface area contributed by atoms with Crippen molar-refractivity contribution >= 4 is 33.7 Å². The van der Waals surface area contributed by atoms with Crippen LogP contribution in [-0.4, -0.2) is 16.3 Å². The average molecular weight is 301 g/mol. The lowest BCUT2D eigenvalue weighted by Crippen LogP contribution is -2.01. The van der Waals surface area contributed by atoms with E-state index in [-0.39, 0.29) is 0 Å². The molecule has 0 aliphatic heterocycles. The van der Waals surface area contributed by atoms with Crippen molar-refractivity contribution in [3.8, 4) is 0 Å². The van der Waals surface area contributed by atoms with Gasteiger partial charge in [-0.1, -0.05) is 28.8 Å². The predicted octanol–water partition coefficient (Wildman–Crippen LogP) is 4.18. The van der Waals surface area contributed by atoms with Gasteiger partial charge in [-0.15, -0.1) is 11.8 Å². The van der Waals surface area contributed by atoms with E-state index in [0.29, 0.717) is 10.8 Å². The molecule has 1 saturated carbocycles. The van der Waals surface area contributed by atoms with E-state index < -0.39 is 5.97 Å². The minimum Gasteiger partial charge on any atom is -0.478 e. The molecule has 0 atom stereocenters. The van der Waals surface area contributed by atoms with Crippen LogP contribution in [0.3, 0.4) is 0 Å². The van der Waals surface area contributed by atoms with Crippen molar-refractivity contribution < 1.29 is 9.90 Å². The molecule has 1 N–H and O–H groups in total. The molecule has 1 aliphatic carbocycles. The maximum Gasteiger partial charge on any atom is 0.336 e. The molecule has 0 radical (unpaired) electrons. The van der Waals surface area contributed by atoms with Crippen molar-refractivity contribution in [1.82, 2.24) is 0 Å². The summed E-state index contributed by atoms with van der Waals surface area (Å²) in [6.07, 6.45) is 4.97. The molecular formula is C12H13BrO2S. The largest absolute Gasteiger partial charge is 0.478 e. The van der Waals surface area contributed by atoms with Gasteiger partial charge in [-0.05, 0) is 31.0 Å². The van der Waals surface area contributed by atoms with E-state index >= 15 is 0 Å². The Balaban J connectivity index is 2.21. The van der Waals surface area contributed by atoms with E-state index in [4.69, 9.17) is 5.11 Å². The normalized spacial score (nSPS) is 16.6. The van der Waals surface area contributed by atoms with Gasteiger partial charge in [0.25, 0.3) is 0 Å². The lowest BCUT2D eigenvalue weighted by atomic mass is 10.2. The van der Waals surface area contributed by atoms with Gasteiger partial charge in [0.05, 0.1) is 5.56 Å². The molecule has 2 rings (SSSR count). The Morgan fingerprint density at radius 1 is 1.38 bits per heavy atom. The van der Waals surface area contributed by atoms with Crippen molar-refractivity contribution in [2.24, 2.45) is 0 Å². The third kappa shape index (κ3) is 2.80. The van der Waals surface area contributed by atoms with Crippen LogP contribution in [0.2, 0.25) is 0 Å². The van der Waals surface area contributed by atoms with Crippen molar-refractivity contribution in [2.75, 3.05) is 0 Å². The number of halogens is 1. The number of aromatic carboxylic acids is 1. The number of hydrogen-bond acceptors (Lipinski definition) is 2. The Labute approximate surface area is 108 Å². The molecule has 1 fully saturated rings. The minimum atomic E-state index is -0.846. The second kappa shape index (κ2) is 5.23.